The predicted molar refractivity (Wildman–Crippen MR) is 87.9 cm³/mol. The molecule has 0 spiro atoms. The zero-order valence-corrected chi connectivity index (χ0v) is 14.7. The van der Waals surface area contributed by atoms with Gasteiger partial charge in [-0.05, 0) is 6.04 Å². The number of ether oxygens (including phenoxy) is 1. The molecule has 0 fully saturated rings. The summed E-state index contributed by atoms with van der Waals surface area (Å²) in [6.07, 6.45) is 1.59. The Morgan fingerprint density at radius 2 is 2.05 bits per heavy atom. The van der Waals surface area contributed by atoms with Crippen LogP contribution >= 0.6 is 23.2 Å². The minimum atomic E-state index is -1.12. The van der Waals surface area contributed by atoms with Crippen LogP contribution < -0.4 is 0 Å². The van der Waals surface area contributed by atoms with Gasteiger partial charge in [0.25, 0.3) is 0 Å². The van der Waals surface area contributed by atoms with E-state index in [9.17, 15) is 0 Å². The topological polar surface area (TPSA) is 44.3 Å². The highest BCUT2D eigenvalue weighted by Gasteiger charge is 2.17. The molecule has 0 N–H and O–H groups in total. The second kappa shape index (κ2) is 6.32. The first-order chi connectivity index (χ1) is 9.83. The zero-order chi connectivity index (χ0) is 15.6. The Labute approximate surface area is 134 Å². The van der Waals surface area contributed by atoms with Gasteiger partial charge in [-0.15, -0.1) is 0 Å². The smallest absolute Gasteiger partial charge is 0.248 e. The Morgan fingerprint density at radius 3 is 2.67 bits per heavy atom. The van der Waals surface area contributed by atoms with Crippen molar-refractivity contribution in [1.82, 2.24) is 14.5 Å². The molecule has 2 heterocycles. The number of halogens is 2. The molecule has 112 valence electrons. The second-order valence-corrected chi connectivity index (χ2v) is 12.3. The number of rotatable bonds is 5. The van der Waals surface area contributed by atoms with Crippen LogP contribution in [0.2, 0.25) is 36.0 Å². The van der Waals surface area contributed by atoms with Gasteiger partial charge in [-0.25, -0.2) is 14.8 Å². The van der Waals surface area contributed by atoms with Gasteiger partial charge < -0.3 is 9.30 Å². The van der Waals surface area contributed by atoms with E-state index in [1.54, 1.807) is 10.9 Å². The van der Waals surface area contributed by atoms with Crippen LogP contribution in [0.1, 0.15) is 0 Å². The van der Waals surface area contributed by atoms with Crippen molar-refractivity contribution in [2.45, 2.75) is 32.4 Å². The van der Waals surface area contributed by atoms with Crippen molar-refractivity contribution < 1.29 is 4.74 Å². The lowest BCUT2D eigenvalue weighted by Gasteiger charge is -2.15. The Bertz CT molecular complexity index is 703. The van der Waals surface area contributed by atoms with Crippen molar-refractivity contribution in [3.8, 4) is 0 Å². The average Bonchev–Trinajstić information content (AvgIpc) is 2.78. The predicted octanol–water partition coefficient (Wildman–Crippen LogP) is 4.60. The zero-order valence-electron chi connectivity index (χ0n) is 12.2. The standard InChI is InChI=1S/C13H16Cl2N4OSi/c1-16-9-11-10(13(15)18-12(9)14)17-7-19(11)8-20-5-6-21(2,3)4/h7H,5-6,8H2,2-4H3. The fourth-order valence-corrected chi connectivity index (χ4v) is 3.05. The van der Waals surface area contributed by atoms with E-state index in [2.05, 4.69) is 34.5 Å². The van der Waals surface area contributed by atoms with Crippen LogP contribution in [-0.2, 0) is 11.5 Å². The summed E-state index contributed by atoms with van der Waals surface area (Å²) in [5.41, 5.74) is 1.30. The quantitative estimate of drug-likeness (QED) is 0.345. The van der Waals surface area contributed by atoms with Crippen molar-refractivity contribution in [1.29, 1.82) is 0 Å². The van der Waals surface area contributed by atoms with Crippen molar-refractivity contribution in [2.24, 2.45) is 0 Å². The van der Waals surface area contributed by atoms with Crippen molar-refractivity contribution in [3.05, 3.63) is 28.1 Å². The van der Waals surface area contributed by atoms with Crippen molar-refractivity contribution >= 4 is 48.0 Å². The first kappa shape index (κ1) is 16.2. The van der Waals surface area contributed by atoms with Crippen LogP contribution in [0.15, 0.2) is 6.33 Å². The molecule has 0 radical (unpaired) electrons. The van der Waals surface area contributed by atoms with Gasteiger partial charge in [-0.2, -0.15) is 0 Å². The molecule has 0 aliphatic heterocycles. The fourth-order valence-electron chi connectivity index (χ4n) is 1.81. The highest BCUT2D eigenvalue weighted by molar-refractivity contribution is 6.76. The van der Waals surface area contributed by atoms with E-state index in [0.717, 1.165) is 6.04 Å². The van der Waals surface area contributed by atoms with E-state index in [1.165, 1.54) is 0 Å². The molecule has 2 aromatic rings. The van der Waals surface area contributed by atoms with Crippen molar-refractivity contribution in [2.75, 3.05) is 6.61 Å². The van der Waals surface area contributed by atoms with Gasteiger partial charge in [-0.3, -0.25) is 0 Å². The van der Waals surface area contributed by atoms with Gasteiger partial charge >= 0.3 is 0 Å². The number of hydrogen-bond donors (Lipinski definition) is 0. The highest BCUT2D eigenvalue weighted by Crippen LogP contribution is 2.35. The number of imidazole rings is 1. The summed E-state index contributed by atoms with van der Waals surface area (Å²) < 4.78 is 7.43. The summed E-state index contributed by atoms with van der Waals surface area (Å²) in [5, 5.41) is 0.287. The minimum absolute atomic E-state index is 0.0892. The Morgan fingerprint density at radius 1 is 1.33 bits per heavy atom. The summed E-state index contributed by atoms with van der Waals surface area (Å²) in [6, 6.07) is 1.08. The second-order valence-electron chi connectivity index (χ2n) is 5.91. The van der Waals surface area contributed by atoms with E-state index in [0.29, 0.717) is 24.4 Å². The van der Waals surface area contributed by atoms with E-state index >= 15 is 0 Å². The molecule has 8 heteroatoms. The maximum absolute atomic E-state index is 7.25. The molecule has 5 nitrogen and oxygen atoms in total. The number of nitrogens with zero attached hydrogens (tertiary/aromatic N) is 4. The molecule has 0 atom stereocenters. The summed E-state index contributed by atoms with van der Waals surface area (Å²) in [6.45, 7) is 15.1. The van der Waals surface area contributed by atoms with Gasteiger partial charge in [0, 0.05) is 14.7 Å². The largest absolute Gasteiger partial charge is 0.361 e. The SMILES string of the molecule is [C-]#[N+]c1c(Cl)nc(Cl)c2ncn(COCC[Si](C)(C)C)c12. The monoisotopic (exact) mass is 342 g/mol. The molecule has 2 aromatic heterocycles. The van der Waals surface area contributed by atoms with E-state index in [1.807, 2.05) is 0 Å². The number of hydrogen-bond acceptors (Lipinski definition) is 3. The summed E-state index contributed by atoms with van der Waals surface area (Å²) in [5.74, 6) is 0. The molecule has 0 saturated heterocycles. The van der Waals surface area contributed by atoms with E-state index in [4.69, 9.17) is 34.5 Å². The van der Waals surface area contributed by atoms with Crippen LogP contribution in [0.4, 0.5) is 5.69 Å². The number of aromatic nitrogens is 3. The molecule has 0 aliphatic rings. The minimum Gasteiger partial charge on any atom is -0.361 e. The molecule has 0 aromatic carbocycles. The number of fused-ring (bicyclic) bond motifs is 1. The van der Waals surface area contributed by atoms with Crippen molar-refractivity contribution in [3.63, 3.8) is 0 Å². The Balaban J connectivity index is 2.24. The molecular formula is C13H16Cl2N4OSi. The van der Waals surface area contributed by atoms with Crippen LogP contribution in [-0.4, -0.2) is 29.2 Å². The maximum Gasteiger partial charge on any atom is 0.248 e. The highest BCUT2D eigenvalue weighted by atomic mass is 35.5. The first-order valence-electron chi connectivity index (χ1n) is 6.48. The normalized spacial score (nSPS) is 11.8. The lowest BCUT2D eigenvalue weighted by molar-refractivity contribution is 0.0899. The molecule has 0 saturated carbocycles. The Kier molecular flexibility index (Phi) is 4.89. The van der Waals surface area contributed by atoms with Gasteiger partial charge in [0.15, 0.2) is 5.15 Å². The van der Waals surface area contributed by atoms with Gasteiger partial charge in [-0.1, -0.05) is 42.8 Å². The van der Waals surface area contributed by atoms with Gasteiger partial charge in [0.1, 0.15) is 17.4 Å². The lowest BCUT2D eigenvalue weighted by atomic mass is 10.3. The molecular weight excluding hydrogens is 327 g/mol. The first-order valence-corrected chi connectivity index (χ1v) is 10.9. The molecule has 21 heavy (non-hydrogen) atoms. The van der Waals surface area contributed by atoms with Gasteiger partial charge in [0.2, 0.25) is 5.69 Å². The summed E-state index contributed by atoms with van der Waals surface area (Å²) in [4.78, 5) is 11.5. The van der Waals surface area contributed by atoms with Gasteiger partial charge in [0.05, 0.1) is 18.4 Å². The van der Waals surface area contributed by atoms with E-state index in [-0.39, 0.29) is 16.0 Å². The van der Waals surface area contributed by atoms with Crippen LogP contribution in [0.5, 0.6) is 0 Å². The third-order valence-corrected chi connectivity index (χ3v) is 5.22. The Hall–Kier alpha value is -1.13. The van der Waals surface area contributed by atoms with E-state index < -0.39 is 8.07 Å². The third kappa shape index (κ3) is 3.74. The molecule has 0 unspecified atom stereocenters. The molecule has 2 rings (SSSR count). The average molecular weight is 343 g/mol. The number of pyridine rings is 1. The molecule has 0 aliphatic carbocycles. The third-order valence-electron chi connectivity index (χ3n) is 2.99. The summed E-state index contributed by atoms with van der Waals surface area (Å²) in [7, 11) is -1.12. The lowest BCUT2D eigenvalue weighted by Crippen LogP contribution is -2.21. The molecule has 0 amide bonds. The maximum atomic E-state index is 7.25. The summed E-state index contributed by atoms with van der Waals surface area (Å²) >= 11 is 12.0. The van der Waals surface area contributed by atoms with Crippen LogP contribution in [0.25, 0.3) is 15.9 Å². The van der Waals surface area contributed by atoms with Crippen LogP contribution in [0, 0.1) is 6.57 Å². The molecule has 0 bridgehead atoms. The fraction of sp³-hybridized carbons (Fsp3) is 0.462. The van der Waals surface area contributed by atoms with Crippen LogP contribution in [0.3, 0.4) is 0 Å².